The van der Waals surface area contributed by atoms with Crippen LogP contribution in [0.5, 0.6) is 0 Å². The maximum absolute atomic E-state index is 11.2. The van der Waals surface area contributed by atoms with Crippen molar-refractivity contribution in [3.8, 4) is 0 Å². The van der Waals surface area contributed by atoms with E-state index in [0.717, 1.165) is 6.26 Å². The summed E-state index contributed by atoms with van der Waals surface area (Å²) in [6.45, 7) is 0. The summed E-state index contributed by atoms with van der Waals surface area (Å²) in [5, 5.41) is 9.22. The van der Waals surface area contributed by atoms with Gasteiger partial charge in [0.1, 0.15) is 6.10 Å². The third-order valence-corrected chi connectivity index (χ3v) is 3.55. The highest BCUT2D eigenvalue weighted by Gasteiger charge is 2.20. The quantitative estimate of drug-likeness (QED) is 0.813. The molecule has 0 radical (unpaired) electrons. The minimum atomic E-state index is -3.71. The van der Waals surface area contributed by atoms with Crippen molar-refractivity contribution in [3.05, 3.63) is 33.8 Å². The molecular weight excluding hydrogens is 315 g/mol. The molecule has 106 valence electrons. The van der Waals surface area contributed by atoms with E-state index in [0.29, 0.717) is 10.6 Å². The molecule has 0 aliphatic heterocycles. The van der Waals surface area contributed by atoms with Crippen LogP contribution in [0.15, 0.2) is 18.2 Å². The van der Waals surface area contributed by atoms with Gasteiger partial charge in [0.2, 0.25) is 0 Å². The molecule has 19 heavy (non-hydrogen) atoms. The summed E-state index contributed by atoms with van der Waals surface area (Å²) in [6.07, 6.45) is -0.208. The molecule has 1 aromatic carbocycles. The van der Waals surface area contributed by atoms with Crippen molar-refractivity contribution < 1.29 is 22.5 Å². The zero-order chi connectivity index (χ0) is 14.6. The van der Waals surface area contributed by atoms with Gasteiger partial charge in [-0.25, -0.2) is 0 Å². The number of hydrogen-bond acceptors (Lipinski definition) is 4. The number of aliphatic carboxylic acids is 1. The van der Waals surface area contributed by atoms with E-state index in [-0.39, 0.29) is 17.9 Å². The number of carboxylic acid groups (broad SMARTS) is 1. The monoisotopic (exact) mass is 326 g/mol. The fourth-order valence-electron chi connectivity index (χ4n) is 1.45. The Morgan fingerprint density at radius 3 is 2.47 bits per heavy atom. The summed E-state index contributed by atoms with van der Waals surface area (Å²) >= 11 is 11.6. The van der Waals surface area contributed by atoms with Crippen LogP contribution < -0.4 is 0 Å². The van der Waals surface area contributed by atoms with Gasteiger partial charge in [0.25, 0.3) is 10.1 Å². The van der Waals surface area contributed by atoms with E-state index < -0.39 is 22.2 Å². The first-order valence-electron chi connectivity index (χ1n) is 5.24. The third-order valence-electron chi connectivity index (χ3n) is 2.23. The fourth-order valence-corrected chi connectivity index (χ4v) is 2.38. The number of halogens is 2. The van der Waals surface area contributed by atoms with Crippen molar-refractivity contribution in [3.63, 3.8) is 0 Å². The van der Waals surface area contributed by atoms with Crippen LogP contribution in [-0.4, -0.2) is 25.7 Å². The minimum absolute atomic E-state index is 0.0143. The largest absolute Gasteiger partial charge is 0.481 e. The average Bonchev–Trinajstić information content (AvgIpc) is 2.26. The van der Waals surface area contributed by atoms with Gasteiger partial charge in [-0.05, 0) is 24.1 Å². The number of hydrogen-bond donors (Lipinski definition) is 1. The molecule has 0 spiro atoms. The summed E-state index contributed by atoms with van der Waals surface area (Å²) in [7, 11) is -3.71. The molecule has 1 atom stereocenters. The third kappa shape index (κ3) is 5.78. The Morgan fingerprint density at radius 2 is 2.00 bits per heavy atom. The average molecular weight is 327 g/mol. The highest BCUT2D eigenvalue weighted by atomic mass is 35.5. The van der Waals surface area contributed by atoms with Crippen LogP contribution in [0.1, 0.15) is 24.5 Å². The van der Waals surface area contributed by atoms with Crippen LogP contribution in [0.25, 0.3) is 0 Å². The van der Waals surface area contributed by atoms with Crippen LogP contribution in [-0.2, 0) is 19.1 Å². The molecule has 0 saturated heterocycles. The number of benzene rings is 1. The standard InChI is InChI=1S/C11H12Cl2O5S/c1-19(16,17)18-10(4-5-11(14)15)7-2-3-8(12)9(13)6-7/h2-3,6,10H,4-5H2,1H3,(H,14,15)/t10-/m1/s1. The van der Waals surface area contributed by atoms with Crippen molar-refractivity contribution >= 4 is 39.3 Å². The van der Waals surface area contributed by atoms with Gasteiger partial charge in [-0.15, -0.1) is 0 Å². The molecule has 1 rings (SSSR count). The molecule has 5 nitrogen and oxygen atoms in total. The second-order valence-electron chi connectivity index (χ2n) is 3.89. The normalized spacial score (nSPS) is 13.2. The highest BCUT2D eigenvalue weighted by molar-refractivity contribution is 7.86. The van der Waals surface area contributed by atoms with E-state index in [9.17, 15) is 13.2 Å². The lowest BCUT2D eigenvalue weighted by Crippen LogP contribution is -2.12. The SMILES string of the molecule is CS(=O)(=O)O[C@H](CCC(=O)O)c1ccc(Cl)c(Cl)c1. The van der Waals surface area contributed by atoms with Crippen molar-refractivity contribution in [2.75, 3.05) is 6.26 Å². The van der Waals surface area contributed by atoms with Crippen LogP contribution >= 0.6 is 23.2 Å². The first-order valence-corrected chi connectivity index (χ1v) is 7.81. The number of rotatable bonds is 6. The zero-order valence-electron chi connectivity index (χ0n) is 9.97. The van der Waals surface area contributed by atoms with Gasteiger partial charge in [0.15, 0.2) is 0 Å². The Kier molecular flexibility index (Phi) is 5.61. The smallest absolute Gasteiger partial charge is 0.303 e. The molecule has 0 aliphatic rings. The van der Waals surface area contributed by atoms with E-state index in [2.05, 4.69) is 0 Å². The molecule has 0 saturated carbocycles. The minimum Gasteiger partial charge on any atom is -0.481 e. The Morgan fingerprint density at radius 1 is 1.37 bits per heavy atom. The molecule has 0 amide bonds. The maximum atomic E-state index is 11.2. The van der Waals surface area contributed by atoms with Crippen molar-refractivity contribution in [2.24, 2.45) is 0 Å². The van der Waals surface area contributed by atoms with Crippen molar-refractivity contribution in [2.45, 2.75) is 18.9 Å². The molecule has 0 heterocycles. The Labute approximate surface area is 121 Å². The van der Waals surface area contributed by atoms with Gasteiger partial charge in [-0.3, -0.25) is 8.98 Å². The topological polar surface area (TPSA) is 80.7 Å². The lowest BCUT2D eigenvalue weighted by atomic mass is 10.1. The molecule has 0 unspecified atom stereocenters. The molecule has 0 aromatic heterocycles. The first kappa shape index (κ1) is 16.2. The summed E-state index contributed by atoms with van der Waals surface area (Å²) < 4.78 is 27.2. The highest BCUT2D eigenvalue weighted by Crippen LogP contribution is 2.30. The first-order chi connectivity index (χ1) is 8.69. The van der Waals surface area contributed by atoms with Gasteiger partial charge < -0.3 is 5.11 Å². The zero-order valence-corrected chi connectivity index (χ0v) is 12.3. The van der Waals surface area contributed by atoms with E-state index in [1.807, 2.05) is 0 Å². The molecule has 8 heteroatoms. The summed E-state index contributed by atoms with van der Waals surface area (Å²) in [4.78, 5) is 10.6. The van der Waals surface area contributed by atoms with Crippen LogP contribution in [0.4, 0.5) is 0 Å². The van der Waals surface area contributed by atoms with Gasteiger partial charge in [0.05, 0.1) is 16.3 Å². The van der Waals surface area contributed by atoms with E-state index in [4.69, 9.17) is 32.5 Å². The van der Waals surface area contributed by atoms with Gasteiger partial charge in [0, 0.05) is 6.42 Å². The van der Waals surface area contributed by atoms with E-state index >= 15 is 0 Å². The predicted molar refractivity (Wildman–Crippen MR) is 72.0 cm³/mol. The van der Waals surface area contributed by atoms with Crippen LogP contribution in [0.3, 0.4) is 0 Å². The Hall–Kier alpha value is -0.820. The molecular formula is C11H12Cl2O5S. The summed E-state index contributed by atoms with van der Waals surface area (Å²) in [5.74, 6) is -1.04. The molecule has 1 N–H and O–H groups in total. The van der Waals surface area contributed by atoms with Crippen LogP contribution in [0.2, 0.25) is 10.0 Å². The van der Waals surface area contributed by atoms with E-state index in [1.54, 1.807) is 6.07 Å². The number of carbonyl (C=O) groups is 1. The predicted octanol–water partition coefficient (Wildman–Crippen LogP) is 2.88. The molecule has 1 aromatic rings. The second kappa shape index (κ2) is 6.56. The second-order valence-corrected chi connectivity index (χ2v) is 6.31. The van der Waals surface area contributed by atoms with Crippen molar-refractivity contribution in [1.82, 2.24) is 0 Å². The van der Waals surface area contributed by atoms with Crippen molar-refractivity contribution in [1.29, 1.82) is 0 Å². The molecule has 0 aliphatic carbocycles. The van der Waals surface area contributed by atoms with Crippen LogP contribution in [0, 0.1) is 0 Å². The fraction of sp³-hybridized carbons (Fsp3) is 0.364. The van der Waals surface area contributed by atoms with Gasteiger partial charge in [-0.2, -0.15) is 8.42 Å². The van der Waals surface area contributed by atoms with E-state index in [1.165, 1.54) is 12.1 Å². The maximum Gasteiger partial charge on any atom is 0.303 e. The van der Waals surface area contributed by atoms with Gasteiger partial charge >= 0.3 is 5.97 Å². The summed E-state index contributed by atoms with van der Waals surface area (Å²) in [6, 6.07) is 4.51. The summed E-state index contributed by atoms with van der Waals surface area (Å²) in [5.41, 5.74) is 0.459. The molecule has 0 bridgehead atoms. The number of carboxylic acids is 1. The lowest BCUT2D eigenvalue weighted by Gasteiger charge is -2.16. The lowest BCUT2D eigenvalue weighted by molar-refractivity contribution is -0.137. The van der Waals surface area contributed by atoms with Gasteiger partial charge in [-0.1, -0.05) is 29.3 Å². The molecule has 0 fully saturated rings. The Balaban J connectivity index is 3.00. The Bertz CT molecular complexity index is 570.